The number of hydrogen-bond donors (Lipinski definition) is 3. The van der Waals surface area contributed by atoms with E-state index in [4.69, 9.17) is 4.74 Å². The maximum Gasteiger partial charge on any atom is 0.319 e. The van der Waals surface area contributed by atoms with E-state index in [0.29, 0.717) is 18.0 Å². The number of anilines is 1. The average molecular weight is 313 g/mol. The van der Waals surface area contributed by atoms with Crippen LogP contribution in [0, 0.1) is 0 Å². The standard InChI is InChI=1S/C17H19N3O3/c1-23-15-10-6-5-7-13(15)11-18-16(21)12-19-17(22)20-14-8-3-2-4-9-14/h2-10H,11-12H2,1H3,(H,18,21)(H2,19,20,22). The summed E-state index contributed by atoms with van der Waals surface area (Å²) >= 11 is 0. The highest BCUT2D eigenvalue weighted by Crippen LogP contribution is 2.16. The third kappa shape index (κ3) is 5.35. The zero-order valence-corrected chi connectivity index (χ0v) is 12.8. The average Bonchev–Trinajstić information content (AvgIpc) is 2.59. The number of hydrogen-bond acceptors (Lipinski definition) is 3. The smallest absolute Gasteiger partial charge is 0.319 e. The molecule has 2 aromatic carbocycles. The zero-order valence-electron chi connectivity index (χ0n) is 12.8. The van der Waals surface area contributed by atoms with Crippen molar-refractivity contribution in [2.75, 3.05) is 19.0 Å². The normalized spacial score (nSPS) is 9.78. The number of urea groups is 1. The van der Waals surface area contributed by atoms with Crippen molar-refractivity contribution in [2.24, 2.45) is 0 Å². The van der Waals surface area contributed by atoms with Crippen LogP contribution in [0.25, 0.3) is 0 Å². The second-order valence-electron chi connectivity index (χ2n) is 4.76. The predicted molar refractivity (Wildman–Crippen MR) is 88.3 cm³/mol. The maximum absolute atomic E-state index is 11.8. The molecule has 3 amide bonds. The number of amides is 3. The first-order chi connectivity index (χ1) is 11.2. The molecule has 0 fully saturated rings. The molecule has 6 heteroatoms. The van der Waals surface area contributed by atoms with E-state index in [-0.39, 0.29) is 12.5 Å². The van der Waals surface area contributed by atoms with Crippen molar-refractivity contribution >= 4 is 17.6 Å². The summed E-state index contributed by atoms with van der Waals surface area (Å²) in [5.41, 5.74) is 1.54. The molecule has 6 nitrogen and oxygen atoms in total. The van der Waals surface area contributed by atoms with Gasteiger partial charge in [0.2, 0.25) is 5.91 Å². The van der Waals surface area contributed by atoms with Gasteiger partial charge in [0.15, 0.2) is 0 Å². The maximum atomic E-state index is 11.8. The van der Waals surface area contributed by atoms with Crippen molar-refractivity contribution in [3.05, 3.63) is 60.2 Å². The Hall–Kier alpha value is -3.02. The number of carbonyl (C=O) groups excluding carboxylic acids is 2. The van der Waals surface area contributed by atoms with Crippen LogP contribution in [0.2, 0.25) is 0 Å². The largest absolute Gasteiger partial charge is 0.496 e. The molecular formula is C17H19N3O3. The van der Waals surface area contributed by atoms with E-state index < -0.39 is 6.03 Å². The summed E-state index contributed by atoms with van der Waals surface area (Å²) in [6.45, 7) is 0.235. The fourth-order valence-electron chi connectivity index (χ4n) is 1.96. The van der Waals surface area contributed by atoms with Gasteiger partial charge in [0.25, 0.3) is 0 Å². The van der Waals surface area contributed by atoms with Crippen LogP contribution in [0.4, 0.5) is 10.5 Å². The second kappa shape index (κ2) is 8.43. The molecule has 0 aliphatic rings. The summed E-state index contributed by atoms with van der Waals surface area (Å²) in [5, 5.41) is 7.87. The minimum absolute atomic E-state index is 0.103. The van der Waals surface area contributed by atoms with E-state index >= 15 is 0 Å². The Labute approximate surface area is 134 Å². The Morgan fingerprint density at radius 1 is 0.957 bits per heavy atom. The highest BCUT2D eigenvalue weighted by atomic mass is 16.5. The van der Waals surface area contributed by atoms with E-state index in [1.165, 1.54) is 0 Å². The van der Waals surface area contributed by atoms with Gasteiger partial charge < -0.3 is 20.7 Å². The van der Waals surface area contributed by atoms with Crippen molar-refractivity contribution in [1.82, 2.24) is 10.6 Å². The summed E-state index contributed by atoms with van der Waals surface area (Å²) in [6, 6.07) is 16.0. The molecule has 0 unspecified atom stereocenters. The topological polar surface area (TPSA) is 79.5 Å². The van der Waals surface area contributed by atoms with Crippen LogP contribution in [0.1, 0.15) is 5.56 Å². The lowest BCUT2D eigenvalue weighted by Crippen LogP contribution is -2.38. The van der Waals surface area contributed by atoms with Crippen LogP contribution in [0.5, 0.6) is 5.75 Å². The van der Waals surface area contributed by atoms with Crippen LogP contribution in [-0.4, -0.2) is 25.6 Å². The zero-order chi connectivity index (χ0) is 16.5. The molecule has 0 heterocycles. The van der Waals surface area contributed by atoms with Gasteiger partial charge in [-0.2, -0.15) is 0 Å². The van der Waals surface area contributed by atoms with E-state index in [1.54, 1.807) is 19.2 Å². The van der Waals surface area contributed by atoms with Gasteiger partial charge in [-0.15, -0.1) is 0 Å². The van der Waals surface area contributed by atoms with E-state index in [2.05, 4.69) is 16.0 Å². The highest BCUT2D eigenvalue weighted by Gasteiger charge is 2.07. The minimum Gasteiger partial charge on any atom is -0.496 e. The molecular weight excluding hydrogens is 294 g/mol. The SMILES string of the molecule is COc1ccccc1CNC(=O)CNC(=O)Nc1ccccc1. The molecule has 0 saturated carbocycles. The van der Waals surface area contributed by atoms with Crippen molar-refractivity contribution in [3.8, 4) is 5.75 Å². The van der Waals surface area contributed by atoms with Crippen molar-refractivity contribution < 1.29 is 14.3 Å². The summed E-state index contributed by atoms with van der Waals surface area (Å²) in [7, 11) is 1.58. The molecule has 0 aliphatic heterocycles. The molecule has 3 N–H and O–H groups in total. The molecule has 0 spiro atoms. The predicted octanol–water partition coefficient (Wildman–Crippen LogP) is 2.13. The number of nitrogens with one attached hydrogen (secondary N) is 3. The summed E-state index contributed by atoms with van der Waals surface area (Å²) in [5.74, 6) is 0.432. The van der Waals surface area contributed by atoms with Gasteiger partial charge in [0.05, 0.1) is 13.7 Å². The first-order valence-corrected chi connectivity index (χ1v) is 7.17. The van der Waals surface area contributed by atoms with Crippen LogP contribution >= 0.6 is 0 Å². The minimum atomic E-state index is -0.427. The number of methoxy groups -OCH3 is 1. The number of rotatable bonds is 6. The Morgan fingerprint density at radius 3 is 2.39 bits per heavy atom. The van der Waals surface area contributed by atoms with Crippen LogP contribution in [0.3, 0.4) is 0 Å². The van der Waals surface area contributed by atoms with Gasteiger partial charge in [-0.1, -0.05) is 36.4 Å². The van der Waals surface area contributed by atoms with Gasteiger partial charge in [0, 0.05) is 17.8 Å². The number of carbonyl (C=O) groups is 2. The van der Waals surface area contributed by atoms with Gasteiger partial charge in [-0.3, -0.25) is 4.79 Å². The quantitative estimate of drug-likeness (QED) is 0.764. The first-order valence-electron chi connectivity index (χ1n) is 7.17. The van der Waals surface area contributed by atoms with Crippen molar-refractivity contribution in [2.45, 2.75) is 6.54 Å². The van der Waals surface area contributed by atoms with Crippen molar-refractivity contribution in [1.29, 1.82) is 0 Å². The lowest BCUT2D eigenvalue weighted by Gasteiger charge is -2.10. The molecule has 2 aromatic rings. The van der Waals surface area contributed by atoms with E-state index in [0.717, 1.165) is 5.56 Å². The molecule has 120 valence electrons. The van der Waals surface area contributed by atoms with Crippen molar-refractivity contribution in [3.63, 3.8) is 0 Å². The third-order valence-corrected chi connectivity index (χ3v) is 3.11. The number of para-hydroxylation sites is 2. The number of benzene rings is 2. The molecule has 0 atom stereocenters. The Balaban J connectivity index is 1.74. The Bertz CT molecular complexity index is 659. The van der Waals surface area contributed by atoms with Crippen LogP contribution in [-0.2, 0) is 11.3 Å². The molecule has 0 saturated heterocycles. The number of ether oxygens (including phenoxy) is 1. The molecule has 23 heavy (non-hydrogen) atoms. The molecule has 0 aliphatic carbocycles. The van der Waals surface area contributed by atoms with Gasteiger partial charge in [-0.25, -0.2) is 4.79 Å². The fourth-order valence-corrected chi connectivity index (χ4v) is 1.96. The Kier molecular flexibility index (Phi) is 5.99. The lowest BCUT2D eigenvalue weighted by molar-refractivity contribution is -0.120. The fraction of sp³-hybridized carbons (Fsp3) is 0.176. The van der Waals surface area contributed by atoms with E-state index in [1.807, 2.05) is 42.5 Å². The third-order valence-electron chi connectivity index (χ3n) is 3.11. The van der Waals surface area contributed by atoms with Gasteiger partial charge >= 0.3 is 6.03 Å². The summed E-state index contributed by atoms with van der Waals surface area (Å²) < 4.78 is 5.21. The van der Waals surface area contributed by atoms with Gasteiger partial charge in [0.1, 0.15) is 5.75 Å². The molecule has 0 bridgehead atoms. The molecule has 2 rings (SSSR count). The van der Waals surface area contributed by atoms with Crippen LogP contribution < -0.4 is 20.7 Å². The Morgan fingerprint density at radius 2 is 1.65 bits per heavy atom. The molecule has 0 radical (unpaired) electrons. The second-order valence-corrected chi connectivity index (χ2v) is 4.76. The lowest BCUT2D eigenvalue weighted by atomic mass is 10.2. The van der Waals surface area contributed by atoms with E-state index in [9.17, 15) is 9.59 Å². The summed E-state index contributed by atoms with van der Waals surface area (Å²) in [4.78, 5) is 23.4. The summed E-state index contributed by atoms with van der Waals surface area (Å²) in [6.07, 6.45) is 0. The first kappa shape index (κ1) is 16.4. The monoisotopic (exact) mass is 313 g/mol. The highest BCUT2D eigenvalue weighted by molar-refractivity contribution is 5.92. The molecule has 0 aromatic heterocycles. The van der Waals surface area contributed by atoms with Crippen LogP contribution in [0.15, 0.2) is 54.6 Å². The van der Waals surface area contributed by atoms with Gasteiger partial charge in [-0.05, 0) is 18.2 Å².